The Morgan fingerprint density at radius 3 is 2.21 bits per heavy atom. The summed E-state index contributed by atoms with van der Waals surface area (Å²) in [5.74, 6) is 1.22. The van der Waals surface area contributed by atoms with Crippen molar-refractivity contribution >= 4 is 15.6 Å². The molecule has 0 aliphatic carbocycles. The van der Waals surface area contributed by atoms with Crippen molar-refractivity contribution in [1.29, 1.82) is 0 Å². The molecule has 114 valence electrons. The fraction of sp³-hybridized carbons (Fsp3) is 0.929. The van der Waals surface area contributed by atoms with Crippen LogP contribution < -0.4 is 5.73 Å². The fourth-order valence-corrected chi connectivity index (χ4v) is 3.54. The quantitative estimate of drug-likeness (QED) is 0.633. The van der Waals surface area contributed by atoms with Crippen molar-refractivity contribution in [2.24, 2.45) is 17.6 Å². The minimum atomic E-state index is -3.03. The van der Waals surface area contributed by atoms with E-state index in [1.807, 2.05) is 6.92 Å². The van der Waals surface area contributed by atoms with E-state index in [0.717, 1.165) is 12.8 Å². The molecule has 19 heavy (non-hydrogen) atoms. The van der Waals surface area contributed by atoms with Crippen LogP contribution >= 0.6 is 0 Å². The van der Waals surface area contributed by atoms with Gasteiger partial charge in [-0.1, -0.05) is 20.8 Å². The van der Waals surface area contributed by atoms with Gasteiger partial charge in [-0.05, 0) is 37.6 Å². The van der Waals surface area contributed by atoms with Crippen molar-refractivity contribution in [3.05, 3.63) is 0 Å². The fourth-order valence-electron chi connectivity index (χ4n) is 2.18. The predicted molar refractivity (Wildman–Crippen MR) is 79.8 cm³/mol. The first-order valence-electron chi connectivity index (χ1n) is 7.24. The molecule has 0 saturated heterocycles. The lowest BCUT2D eigenvalue weighted by atomic mass is 9.87. The Kier molecular flexibility index (Phi) is 9.27. The highest BCUT2D eigenvalue weighted by Crippen LogP contribution is 2.20. The zero-order chi connectivity index (χ0) is 14.9. The number of Topliss-reactive ketones (excluding diaryl/α,β-unsaturated/α-hetero) is 1. The summed E-state index contributed by atoms with van der Waals surface area (Å²) in [7, 11) is -3.03. The largest absolute Gasteiger partial charge is 0.330 e. The van der Waals surface area contributed by atoms with Crippen LogP contribution in [0.2, 0.25) is 0 Å². The summed E-state index contributed by atoms with van der Waals surface area (Å²) in [6, 6.07) is 0. The average Bonchev–Trinajstić information content (AvgIpc) is 2.31. The number of hydrogen-bond donors (Lipinski definition) is 1. The number of sulfone groups is 1. The van der Waals surface area contributed by atoms with E-state index in [9.17, 15) is 13.2 Å². The second-order valence-electron chi connectivity index (χ2n) is 5.56. The summed E-state index contributed by atoms with van der Waals surface area (Å²) in [5, 5.41) is 0. The van der Waals surface area contributed by atoms with E-state index in [1.165, 1.54) is 0 Å². The van der Waals surface area contributed by atoms with Gasteiger partial charge in [-0.15, -0.1) is 0 Å². The third-order valence-electron chi connectivity index (χ3n) is 3.48. The number of ketones is 1. The molecule has 0 aliphatic heterocycles. The van der Waals surface area contributed by atoms with Crippen LogP contribution in [0, 0.1) is 11.8 Å². The molecule has 0 fully saturated rings. The Balaban J connectivity index is 4.04. The average molecular weight is 291 g/mol. The summed E-state index contributed by atoms with van der Waals surface area (Å²) in [4.78, 5) is 11.7. The molecule has 4 nitrogen and oxygen atoms in total. The van der Waals surface area contributed by atoms with Gasteiger partial charge in [0.15, 0.2) is 9.84 Å². The van der Waals surface area contributed by atoms with Crippen molar-refractivity contribution in [3.8, 4) is 0 Å². The summed E-state index contributed by atoms with van der Waals surface area (Å²) in [6.45, 7) is 6.74. The Hall–Kier alpha value is -0.420. The molecule has 0 spiro atoms. The number of nitrogens with two attached hydrogens (primary N) is 1. The molecule has 0 amide bonds. The third kappa shape index (κ3) is 9.16. The minimum absolute atomic E-state index is 0.00288. The number of carbonyl (C=O) groups excluding carboxylic acids is 1. The third-order valence-corrected chi connectivity index (χ3v) is 5.34. The molecule has 0 rings (SSSR count). The van der Waals surface area contributed by atoms with Crippen molar-refractivity contribution < 1.29 is 13.2 Å². The SMILES string of the molecule is CCCS(=O)(=O)CCC(=O)CCC(CCN)C(C)C. The van der Waals surface area contributed by atoms with E-state index in [1.54, 1.807) is 0 Å². The summed E-state index contributed by atoms with van der Waals surface area (Å²) in [5.41, 5.74) is 5.56. The maximum Gasteiger partial charge on any atom is 0.150 e. The van der Waals surface area contributed by atoms with E-state index in [2.05, 4.69) is 13.8 Å². The van der Waals surface area contributed by atoms with Crippen LogP contribution in [0.15, 0.2) is 0 Å². The Morgan fingerprint density at radius 1 is 1.11 bits per heavy atom. The van der Waals surface area contributed by atoms with Gasteiger partial charge >= 0.3 is 0 Å². The molecule has 0 aliphatic rings. The van der Waals surface area contributed by atoms with Gasteiger partial charge in [0.2, 0.25) is 0 Å². The lowest BCUT2D eigenvalue weighted by Gasteiger charge is -2.19. The molecule has 2 N–H and O–H groups in total. The zero-order valence-electron chi connectivity index (χ0n) is 12.5. The molecule has 0 heterocycles. The van der Waals surface area contributed by atoms with E-state index in [0.29, 0.717) is 31.2 Å². The second kappa shape index (κ2) is 9.48. The molecule has 0 bridgehead atoms. The maximum absolute atomic E-state index is 11.7. The molecule has 1 unspecified atom stereocenters. The molecule has 0 saturated carbocycles. The highest BCUT2D eigenvalue weighted by molar-refractivity contribution is 7.91. The van der Waals surface area contributed by atoms with E-state index < -0.39 is 9.84 Å². The zero-order valence-corrected chi connectivity index (χ0v) is 13.3. The monoisotopic (exact) mass is 291 g/mol. The highest BCUT2D eigenvalue weighted by atomic mass is 32.2. The van der Waals surface area contributed by atoms with E-state index >= 15 is 0 Å². The van der Waals surface area contributed by atoms with Crippen molar-refractivity contribution in [1.82, 2.24) is 0 Å². The first kappa shape index (κ1) is 18.6. The first-order valence-corrected chi connectivity index (χ1v) is 9.06. The van der Waals surface area contributed by atoms with E-state index in [4.69, 9.17) is 5.73 Å². The van der Waals surface area contributed by atoms with Crippen molar-refractivity contribution in [2.75, 3.05) is 18.1 Å². The molecule has 1 atom stereocenters. The number of rotatable bonds is 11. The van der Waals surface area contributed by atoms with Gasteiger partial charge in [0, 0.05) is 18.6 Å². The van der Waals surface area contributed by atoms with Crippen LogP contribution in [0.5, 0.6) is 0 Å². The number of carbonyl (C=O) groups is 1. The van der Waals surface area contributed by atoms with Gasteiger partial charge in [-0.25, -0.2) is 8.42 Å². The minimum Gasteiger partial charge on any atom is -0.330 e. The Labute approximate surface area is 118 Å². The number of hydrogen-bond acceptors (Lipinski definition) is 4. The molecule has 0 aromatic heterocycles. The summed E-state index contributed by atoms with van der Waals surface area (Å²) >= 11 is 0. The van der Waals surface area contributed by atoms with Gasteiger partial charge < -0.3 is 5.73 Å². The van der Waals surface area contributed by atoms with Gasteiger partial charge in [0.25, 0.3) is 0 Å². The first-order chi connectivity index (χ1) is 8.82. The van der Waals surface area contributed by atoms with Gasteiger partial charge in [0.05, 0.1) is 5.75 Å². The summed E-state index contributed by atoms with van der Waals surface area (Å²) in [6.07, 6.45) is 3.00. The van der Waals surface area contributed by atoms with Crippen LogP contribution in [0.1, 0.15) is 52.9 Å². The molecule has 0 radical (unpaired) electrons. The van der Waals surface area contributed by atoms with Crippen molar-refractivity contribution in [3.63, 3.8) is 0 Å². The lowest BCUT2D eigenvalue weighted by molar-refractivity contribution is -0.119. The Bertz CT molecular complexity index is 350. The van der Waals surface area contributed by atoms with Crippen LogP contribution in [0.25, 0.3) is 0 Å². The maximum atomic E-state index is 11.7. The normalized spacial score (nSPS) is 13.7. The molecule has 5 heteroatoms. The topological polar surface area (TPSA) is 77.2 Å². The second-order valence-corrected chi connectivity index (χ2v) is 7.86. The van der Waals surface area contributed by atoms with Crippen LogP contribution in [-0.4, -0.2) is 32.3 Å². The van der Waals surface area contributed by atoms with Crippen LogP contribution in [-0.2, 0) is 14.6 Å². The summed E-state index contributed by atoms with van der Waals surface area (Å²) < 4.78 is 23.0. The van der Waals surface area contributed by atoms with Gasteiger partial charge in [-0.2, -0.15) is 0 Å². The Morgan fingerprint density at radius 2 is 1.74 bits per heavy atom. The van der Waals surface area contributed by atoms with Crippen LogP contribution in [0.4, 0.5) is 0 Å². The molecular formula is C14H29NO3S. The van der Waals surface area contributed by atoms with E-state index in [-0.39, 0.29) is 23.7 Å². The van der Waals surface area contributed by atoms with Gasteiger partial charge in [-0.3, -0.25) is 4.79 Å². The molecular weight excluding hydrogens is 262 g/mol. The van der Waals surface area contributed by atoms with Crippen molar-refractivity contribution in [2.45, 2.75) is 52.9 Å². The smallest absolute Gasteiger partial charge is 0.150 e. The van der Waals surface area contributed by atoms with Gasteiger partial charge in [0.1, 0.15) is 5.78 Å². The standard InChI is InChI=1S/C14H29NO3S/c1-4-10-19(17,18)11-8-14(16)6-5-13(7-9-15)12(2)3/h12-13H,4-11,15H2,1-3H3. The lowest BCUT2D eigenvalue weighted by Crippen LogP contribution is -2.17. The predicted octanol–water partition coefficient (Wildman–Crippen LogP) is 2.17. The molecule has 0 aromatic rings. The molecule has 0 aromatic carbocycles. The highest BCUT2D eigenvalue weighted by Gasteiger charge is 2.16. The van der Waals surface area contributed by atoms with Crippen LogP contribution in [0.3, 0.4) is 0 Å².